The van der Waals surface area contributed by atoms with Gasteiger partial charge in [0.25, 0.3) is 0 Å². The molecular weight excluding hydrogens is 371 g/mol. The van der Waals surface area contributed by atoms with Crippen molar-refractivity contribution in [2.45, 2.75) is 19.4 Å². The fourth-order valence-electron chi connectivity index (χ4n) is 2.58. The first kappa shape index (κ1) is 14.0. The minimum Gasteiger partial charge on any atom is -0.309 e. The van der Waals surface area contributed by atoms with Crippen molar-refractivity contribution in [2.75, 3.05) is 5.32 Å². The Morgan fingerprint density at radius 3 is 2.74 bits per heavy atom. The van der Waals surface area contributed by atoms with Gasteiger partial charge in [-0.3, -0.25) is 4.68 Å². The van der Waals surface area contributed by atoms with Crippen molar-refractivity contribution in [1.29, 1.82) is 0 Å². The highest BCUT2D eigenvalue weighted by Gasteiger charge is 2.28. The summed E-state index contributed by atoms with van der Waals surface area (Å²) in [5.74, 6) is -0.396. The van der Waals surface area contributed by atoms with Crippen LogP contribution in [0.2, 0.25) is 5.02 Å². The molecule has 4 aromatic rings. The first-order chi connectivity index (χ1) is 14.1. The number of hydrogen-bond donors (Lipinski definition) is 1. The largest absolute Gasteiger partial charge is 0.309 e. The van der Waals surface area contributed by atoms with Gasteiger partial charge < -0.3 is 5.32 Å². The van der Waals surface area contributed by atoms with Crippen LogP contribution in [0.15, 0.2) is 36.8 Å². The molecule has 0 unspecified atom stereocenters. The highest BCUT2D eigenvalue weighted by Crippen LogP contribution is 2.27. The molecule has 10 heteroatoms. The van der Waals surface area contributed by atoms with E-state index >= 15 is 0 Å². The Morgan fingerprint density at radius 2 is 2.00 bits per heavy atom. The third kappa shape index (κ3) is 3.10. The molecule has 0 aliphatic heterocycles. The molecule has 0 saturated heterocycles. The molecule has 4 rings (SSSR count). The second-order valence-corrected chi connectivity index (χ2v) is 6.76. The Kier molecular flexibility index (Phi) is 3.26. The summed E-state index contributed by atoms with van der Waals surface area (Å²) in [6.45, 7) is 1.05. The minimum atomic E-state index is -2.56. The fourth-order valence-corrected chi connectivity index (χ4v) is 2.75. The third-order valence-corrected chi connectivity index (χ3v) is 4.41. The van der Waals surface area contributed by atoms with E-state index in [0.717, 1.165) is 4.68 Å². The molecule has 3 heterocycles. The van der Waals surface area contributed by atoms with Crippen molar-refractivity contribution >= 4 is 34.3 Å². The van der Waals surface area contributed by atoms with Crippen LogP contribution in [-0.2, 0) is 12.5 Å². The maximum atomic E-state index is 13.8. The molecule has 0 spiro atoms. The van der Waals surface area contributed by atoms with Gasteiger partial charge in [-0.25, -0.2) is 14.4 Å². The number of benzene rings is 1. The Bertz CT molecular complexity index is 1220. The first-order valence-electron chi connectivity index (χ1n) is 9.42. The van der Waals surface area contributed by atoms with Crippen molar-refractivity contribution in [3.8, 4) is 0 Å². The van der Waals surface area contributed by atoms with E-state index in [4.69, 9.17) is 15.7 Å². The van der Waals surface area contributed by atoms with E-state index in [9.17, 15) is 4.39 Å². The third-order valence-electron chi connectivity index (χ3n) is 4.12. The molecule has 0 atom stereocenters. The summed E-state index contributed by atoms with van der Waals surface area (Å²) in [6.07, 6.45) is 4.51. The monoisotopic (exact) mass is 389 g/mol. The summed E-state index contributed by atoms with van der Waals surface area (Å²) >= 11 is 5.78. The topological polar surface area (TPSA) is 86.3 Å². The molecule has 27 heavy (non-hydrogen) atoms. The smallest absolute Gasteiger partial charge is 0.228 e. The summed E-state index contributed by atoms with van der Waals surface area (Å²) in [6, 6.07) is 4.16. The molecule has 0 aliphatic carbocycles. The zero-order chi connectivity index (χ0) is 21.7. The second-order valence-electron chi connectivity index (χ2n) is 6.35. The lowest BCUT2D eigenvalue weighted by Gasteiger charge is -2.20. The van der Waals surface area contributed by atoms with Crippen LogP contribution in [0.25, 0.3) is 10.9 Å². The van der Waals surface area contributed by atoms with Crippen LogP contribution in [0.1, 0.15) is 23.7 Å². The van der Waals surface area contributed by atoms with Crippen LogP contribution in [0.5, 0.6) is 0 Å². The van der Waals surface area contributed by atoms with Crippen LogP contribution < -0.4 is 5.32 Å². The molecule has 1 N–H and O–H groups in total. The molecule has 0 aliphatic rings. The van der Waals surface area contributed by atoms with E-state index in [1.807, 2.05) is 13.8 Å². The van der Waals surface area contributed by atoms with Gasteiger partial charge in [-0.2, -0.15) is 20.1 Å². The first-order valence-corrected chi connectivity index (χ1v) is 8.30. The molecular formula is C17H16ClFN8. The highest BCUT2D eigenvalue weighted by atomic mass is 35.5. The molecule has 138 valence electrons. The summed E-state index contributed by atoms with van der Waals surface area (Å²) < 4.78 is 38.1. The molecule has 0 radical (unpaired) electrons. The number of nitrogens with zero attached hydrogens (tertiary/aromatic N) is 7. The lowest BCUT2D eigenvalue weighted by atomic mass is 10.0. The summed E-state index contributed by atoms with van der Waals surface area (Å²) in [4.78, 5) is 9.83. The van der Waals surface area contributed by atoms with Gasteiger partial charge >= 0.3 is 0 Å². The Hall–Kier alpha value is -3.07. The molecule has 0 saturated carbocycles. The number of fused-ring (bicyclic) bond motifs is 1. The average molecular weight is 390 g/mol. The summed E-state index contributed by atoms with van der Waals surface area (Å²) in [5.41, 5.74) is -0.0906. The van der Waals surface area contributed by atoms with Crippen LogP contribution in [-0.4, -0.2) is 34.7 Å². The van der Waals surface area contributed by atoms with Crippen LogP contribution in [0.4, 0.5) is 16.2 Å². The van der Waals surface area contributed by atoms with Crippen molar-refractivity contribution in [2.24, 2.45) is 6.98 Å². The van der Waals surface area contributed by atoms with Gasteiger partial charge in [-0.1, -0.05) is 11.6 Å². The van der Waals surface area contributed by atoms with E-state index in [0.29, 0.717) is 16.6 Å². The lowest BCUT2D eigenvalue weighted by Crippen LogP contribution is -2.30. The lowest BCUT2D eigenvalue weighted by molar-refractivity contribution is 0.332. The SMILES string of the molecule is [2H]C([2H])([2H])n1nc(C(C)(C)n2nccn2)cc1Nc1ncc2cc(Cl)c(F)cc2n1. The maximum Gasteiger partial charge on any atom is 0.228 e. The number of anilines is 2. The predicted molar refractivity (Wildman–Crippen MR) is 99.4 cm³/mol. The Morgan fingerprint density at radius 1 is 1.22 bits per heavy atom. The van der Waals surface area contributed by atoms with Crippen LogP contribution in [0.3, 0.4) is 0 Å². The second kappa shape index (κ2) is 6.27. The predicted octanol–water partition coefficient (Wildman–Crippen LogP) is 3.27. The summed E-state index contributed by atoms with van der Waals surface area (Å²) in [7, 11) is 0. The Balaban J connectivity index is 1.76. The highest BCUT2D eigenvalue weighted by molar-refractivity contribution is 6.31. The van der Waals surface area contributed by atoms with Gasteiger partial charge in [0.1, 0.15) is 17.2 Å². The van der Waals surface area contributed by atoms with Crippen LogP contribution in [0, 0.1) is 5.82 Å². The molecule has 8 nitrogen and oxygen atoms in total. The van der Waals surface area contributed by atoms with E-state index in [1.165, 1.54) is 35.5 Å². The standard InChI is InChI=1S/C17H16ClFN8/c1-17(2,27-21-4-5-22-27)14-8-15(26(3)25-14)24-16-20-9-10-6-11(18)12(19)7-13(10)23-16/h4-9H,1-3H3,(H,20,23,24)/i3D3. The molecule has 0 bridgehead atoms. The Labute approximate surface area is 163 Å². The van der Waals surface area contributed by atoms with Crippen molar-refractivity contribution in [3.63, 3.8) is 0 Å². The number of aromatic nitrogens is 7. The zero-order valence-electron chi connectivity index (χ0n) is 17.4. The fraction of sp³-hybridized carbons (Fsp3) is 0.235. The molecule has 1 aromatic carbocycles. The van der Waals surface area contributed by atoms with E-state index in [1.54, 1.807) is 6.07 Å². The minimum absolute atomic E-state index is 0.0357. The van der Waals surface area contributed by atoms with E-state index in [2.05, 4.69) is 30.6 Å². The quantitative estimate of drug-likeness (QED) is 0.576. The number of nitrogens with one attached hydrogen (secondary N) is 1. The average Bonchev–Trinajstić information content (AvgIpc) is 3.33. The van der Waals surface area contributed by atoms with Crippen molar-refractivity contribution in [1.82, 2.24) is 34.7 Å². The number of hydrogen-bond acceptors (Lipinski definition) is 6. The normalized spacial score (nSPS) is 14.0. The summed E-state index contributed by atoms with van der Waals surface area (Å²) in [5, 5.41) is 15.9. The van der Waals surface area contributed by atoms with Crippen LogP contribution >= 0.6 is 11.6 Å². The van der Waals surface area contributed by atoms with E-state index < -0.39 is 18.3 Å². The van der Waals surface area contributed by atoms with Gasteiger partial charge in [0, 0.05) is 34.8 Å². The number of rotatable bonds is 4. The van der Waals surface area contributed by atoms with Crippen molar-refractivity contribution < 1.29 is 8.50 Å². The molecule has 0 amide bonds. The number of aryl methyl sites for hydroxylation is 1. The number of halogens is 2. The van der Waals surface area contributed by atoms with Gasteiger partial charge in [0.15, 0.2) is 0 Å². The maximum absolute atomic E-state index is 13.8. The molecule has 3 aromatic heterocycles. The van der Waals surface area contributed by atoms with Gasteiger partial charge in [0.2, 0.25) is 5.95 Å². The van der Waals surface area contributed by atoms with Gasteiger partial charge in [0.05, 0.1) is 28.6 Å². The molecule has 0 fully saturated rings. The zero-order valence-corrected chi connectivity index (χ0v) is 15.1. The van der Waals surface area contributed by atoms with Crippen molar-refractivity contribution in [3.05, 3.63) is 53.3 Å². The van der Waals surface area contributed by atoms with Gasteiger partial charge in [-0.05, 0) is 19.9 Å². The van der Waals surface area contributed by atoms with E-state index in [-0.39, 0.29) is 16.8 Å². The van der Waals surface area contributed by atoms with Gasteiger partial charge in [-0.15, -0.1) is 0 Å².